The number of carbonyl (C=O) groups is 1. The summed E-state index contributed by atoms with van der Waals surface area (Å²) < 4.78 is 16.2. The number of carbonyl (C=O) groups excluding carboxylic acids is 1. The summed E-state index contributed by atoms with van der Waals surface area (Å²) in [4.78, 5) is 18.5. The number of ketones is 1. The summed E-state index contributed by atoms with van der Waals surface area (Å²) in [5.74, 6) is 0.967. The lowest BCUT2D eigenvalue weighted by Crippen LogP contribution is -2.53. The molecule has 0 bridgehead atoms. The van der Waals surface area contributed by atoms with E-state index >= 15 is 0 Å². The fourth-order valence-electron chi connectivity index (χ4n) is 4.32. The van der Waals surface area contributed by atoms with Crippen molar-refractivity contribution in [3.8, 4) is 5.75 Å². The number of hydrogen-bond donors (Lipinski definition) is 0. The number of para-hydroxylation sites is 1. The monoisotopic (exact) mass is 440 g/mol. The Morgan fingerprint density at radius 3 is 2.38 bits per heavy atom. The summed E-state index contributed by atoms with van der Waals surface area (Å²) in [6.07, 6.45) is 1.34. The number of methoxy groups -OCH3 is 1. The summed E-state index contributed by atoms with van der Waals surface area (Å²) in [5.41, 5.74) is 2.25. The molecular formula is C26H36N2O4. The van der Waals surface area contributed by atoms with E-state index in [1.807, 2.05) is 44.4 Å². The molecule has 6 heteroatoms. The van der Waals surface area contributed by atoms with Crippen LogP contribution >= 0.6 is 0 Å². The van der Waals surface area contributed by atoms with Gasteiger partial charge >= 0.3 is 0 Å². The minimum Gasteiger partial charge on any atom is -0.491 e. The molecule has 32 heavy (non-hydrogen) atoms. The van der Waals surface area contributed by atoms with Crippen molar-refractivity contribution in [1.82, 2.24) is 4.90 Å². The smallest absolute Gasteiger partial charge is 0.185 e. The van der Waals surface area contributed by atoms with Crippen LogP contribution in [0.25, 0.3) is 0 Å². The molecule has 2 aromatic rings. The molecule has 1 unspecified atom stereocenters. The summed E-state index contributed by atoms with van der Waals surface area (Å²) in [6, 6.07) is 16.0. The second-order valence-electron chi connectivity index (χ2n) is 8.39. The molecule has 6 nitrogen and oxygen atoms in total. The van der Waals surface area contributed by atoms with Crippen molar-refractivity contribution in [3.63, 3.8) is 0 Å². The molecule has 174 valence electrons. The summed E-state index contributed by atoms with van der Waals surface area (Å²) in [6.45, 7) is 6.15. The Balaban J connectivity index is 1.87. The van der Waals surface area contributed by atoms with Crippen LogP contribution in [0.2, 0.25) is 0 Å². The van der Waals surface area contributed by atoms with Crippen LogP contribution in [0.1, 0.15) is 29.3 Å². The zero-order valence-corrected chi connectivity index (χ0v) is 19.8. The van der Waals surface area contributed by atoms with E-state index in [-0.39, 0.29) is 5.78 Å². The molecular weight excluding hydrogens is 404 g/mol. The van der Waals surface area contributed by atoms with Gasteiger partial charge in [-0.1, -0.05) is 31.2 Å². The van der Waals surface area contributed by atoms with Crippen LogP contribution in [0.15, 0.2) is 48.5 Å². The third-order valence-corrected chi connectivity index (χ3v) is 6.34. The van der Waals surface area contributed by atoms with Crippen LogP contribution < -0.4 is 9.64 Å². The van der Waals surface area contributed by atoms with Crippen molar-refractivity contribution < 1.29 is 19.0 Å². The molecule has 0 saturated carbocycles. The van der Waals surface area contributed by atoms with E-state index in [1.165, 1.54) is 0 Å². The molecule has 3 rings (SSSR count). The van der Waals surface area contributed by atoms with Crippen LogP contribution in [-0.2, 0) is 15.9 Å². The van der Waals surface area contributed by atoms with E-state index in [4.69, 9.17) is 14.2 Å². The topological polar surface area (TPSA) is 51.2 Å². The predicted octanol–water partition coefficient (Wildman–Crippen LogP) is 3.68. The van der Waals surface area contributed by atoms with Gasteiger partial charge in [0, 0.05) is 31.5 Å². The molecule has 0 aliphatic carbocycles. The van der Waals surface area contributed by atoms with E-state index in [1.54, 1.807) is 7.11 Å². The number of Topliss-reactive ketones (excluding diaryl/α,β-unsaturated/α-hetero) is 1. The highest BCUT2D eigenvalue weighted by Gasteiger charge is 2.40. The first kappa shape index (κ1) is 24.2. The highest BCUT2D eigenvalue weighted by atomic mass is 16.5. The Hall–Kier alpha value is -2.41. The molecule has 2 aromatic carbocycles. The third-order valence-electron chi connectivity index (χ3n) is 6.34. The minimum atomic E-state index is -0.638. The van der Waals surface area contributed by atoms with Crippen molar-refractivity contribution in [3.05, 3.63) is 59.7 Å². The Morgan fingerprint density at radius 2 is 1.75 bits per heavy atom. The van der Waals surface area contributed by atoms with Gasteiger partial charge in [0.05, 0.1) is 25.4 Å². The van der Waals surface area contributed by atoms with Gasteiger partial charge in [0.2, 0.25) is 0 Å². The molecule has 0 radical (unpaired) electrons. The molecule has 1 saturated heterocycles. The lowest BCUT2D eigenvalue weighted by Gasteiger charge is -2.39. The van der Waals surface area contributed by atoms with Crippen LogP contribution in [-0.4, -0.2) is 76.9 Å². The van der Waals surface area contributed by atoms with Crippen molar-refractivity contribution in [2.45, 2.75) is 25.3 Å². The molecule has 1 aliphatic heterocycles. The largest absolute Gasteiger partial charge is 0.491 e. The molecule has 0 aromatic heterocycles. The molecule has 0 spiro atoms. The molecule has 0 N–H and O–H groups in total. The summed E-state index contributed by atoms with van der Waals surface area (Å²) in [5, 5.41) is 0. The highest BCUT2D eigenvalue weighted by Crippen LogP contribution is 2.32. The number of nitrogens with zero attached hydrogens (tertiary/aromatic N) is 2. The Bertz CT molecular complexity index is 862. The van der Waals surface area contributed by atoms with Gasteiger partial charge < -0.3 is 19.1 Å². The summed E-state index contributed by atoms with van der Waals surface area (Å²) >= 11 is 0. The number of likely N-dealkylation sites (N-methyl/N-ethyl adjacent to an activating group) is 1. The fraction of sp³-hybridized carbons (Fsp3) is 0.500. The average Bonchev–Trinajstić information content (AvgIpc) is 2.83. The first-order chi connectivity index (χ1) is 15.5. The number of morpholine rings is 1. The fourth-order valence-corrected chi connectivity index (χ4v) is 4.32. The molecule has 1 fully saturated rings. The van der Waals surface area contributed by atoms with E-state index in [0.717, 1.165) is 35.7 Å². The minimum absolute atomic E-state index is 0.160. The second kappa shape index (κ2) is 11.5. The molecule has 0 amide bonds. The van der Waals surface area contributed by atoms with Gasteiger partial charge in [0.1, 0.15) is 12.4 Å². The van der Waals surface area contributed by atoms with Gasteiger partial charge in [-0.2, -0.15) is 0 Å². The number of hydrogen-bond acceptors (Lipinski definition) is 6. The normalized spacial score (nSPS) is 16.1. The van der Waals surface area contributed by atoms with Crippen molar-refractivity contribution in [1.29, 1.82) is 0 Å². The molecule has 1 heterocycles. The maximum absolute atomic E-state index is 14.1. The van der Waals surface area contributed by atoms with Crippen LogP contribution in [0.3, 0.4) is 0 Å². The van der Waals surface area contributed by atoms with Crippen LogP contribution in [0.5, 0.6) is 5.75 Å². The number of rotatable bonds is 11. The van der Waals surface area contributed by atoms with Crippen molar-refractivity contribution >= 4 is 11.5 Å². The SMILES string of the molecule is CCC(Cc1ccc(OCCOC)cc1)(C(=O)c1ccccc1N1CCOCC1)N(C)C. The molecule has 1 atom stereocenters. The van der Waals surface area contributed by atoms with Gasteiger partial charge in [-0.15, -0.1) is 0 Å². The van der Waals surface area contributed by atoms with Gasteiger partial charge in [-0.3, -0.25) is 9.69 Å². The van der Waals surface area contributed by atoms with Gasteiger partial charge in [-0.25, -0.2) is 0 Å². The maximum Gasteiger partial charge on any atom is 0.185 e. The van der Waals surface area contributed by atoms with E-state index in [9.17, 15) is 4.79 Å². The zero-order chi connectivity index (χ0) is 23.0. The quantitative estimate of drug-likeness (QED) is 0.392. The zero-order valence-electron chi connectivity index (χ0n) is 19.8. The first-order valence-electron chi connectivity index (χ1n) is 11.4. The number of anilines is 1. The standard InChI is InChI=1S/C26H36N2O4/c1-5-26(27(2)3,20-21-10-12-22(13-11-21)32-19-18-30-4)25(29)23-8-6-7-9-24(23)28-14-16-31-17-15-28/h6-13H,5,14-20H2,1-4H3. The summed E-state index contributed by atoms with van der Waals surface area (Å²) in [7, 11) is 5.66. The third kappa shape index (κ3) is 5.49. The predicted molar refractivity (Wildman–Crippen MR) is 128 cm³/mol. The van der Waals surface area contributed by atoms with E-state index in [2.05, 4.69) is 34.9 Å². The van der Waals surface area contributed by atoms with Crippen LogP contribution in [0, 0.1) is 0 Å². The Labute approximate surface area is 192 Å². The number of ether oxygens (including phenoxy) is 3. The van der Waals surface area contributed by atoms with Crippen molar-refractivity contribution in [2.75, 3.05) is 65.6 Å². The Kier molecular flexibility index (Phi) is 8.67. The first-order valence-corrected chi connectivity index (χ1v) is 11.4. The highest BCUT2D eigenvalue weighted by molar-refractivity contribution is 6.07. The van der Waals surface area contributed by atoms with Gasteiger partial charge in [0.25, 0.3) is 0 Å². The lowest BCUT2D eigenvalue weighted by molar-refractivity contribution is 0.0666. The maximum atomic E-state index is 14.1. The lowest BCUT2D eigenvalue weighted by atomic mass is 9.79. The van der Waals surface area contributed by atoms with E-state index < -0.39 is 5.54 Å². The van der Waals surface area contributed by atoms with Gasteiger partial charge in [-0.05, 0) is 56.8 Å². The van der Waals surface area contributed by atoms with Crippen molar-refractivity contribution in [2.24, 2.45) is 0 Å². The Morgan fingerprint density at radius 1 is 1.06 bits per heavy atom. The average molecular weight is 441 g/mol. The molecule has 1 aliphatic rings. The van der Waals surface area contributed by atoms with Crippen LogP contribution in [0.4, 0.5) is 5.69 Å². The van der Waals surface area contributed by atoms with E-state index in [0.29, 0.717) is 39.3 Å². The number of benzene rings is 2. The van der Waals surface area contributed by atoms with Gasteiger partial charge in [0.15, 0.2) is 5.78 Å². The second-order valence-corrected chi connectivity index (χ2v) is 8.39.